The fourth-order valence-electron chi connectivity index (χ4n) is 0.962. The fraction of sp³-hybridized carbons (Fsp3) is 1.00. The molecule has 1 aliphatic rings. The van der Waals surface area contributed by atoms with E-state index >= 15 is 0 Å². The van der Waals surface area contributed by atoms with E-state index in [1.54, 1.807) is 0 Å². The Morgan fingerprint density at radius 1 is 1.42 bits per heavy atom. The third-order valence-corrected chi connectivity index (χ3v) is 2.90. The SMILES string of the molecule is CC(C)(C)NCCSC1COC1. The third-order valence-electron chi connectivity index (χ3n) is 1.72. The summed E-state index contributed by atoms with van der Waals surface area (Å²) in [5, 5.41) is 4.23. The number of hydrogen-bond donors (Lipinski definition) is 1. The number of rotatable bonds is 4. The lowest BCUT2D eigenvalue weighted by atomic mass is 10.1. The molecule has 1 saturated heterocycles. The average molecular weight is 189 g/mol. The molecule has 0 aromatic carbocycles. The molecule has 1 fully saturated rings. The molecule has 12 heavy (non-hydrogen) atoms. The van der Waals surface area contributed by atoms with Gasteiger partial charge in [-0.3, -0.25) is 0 Å². The van der Waals surface area contributed by atoms with Crippen molar-refractivity contribution in [2.24, 2.45) is 0 Å². The van der Waals surface area contributed by atoms with E-state index in [2.05, 4.69) is 26.1 Å². The summed E-state index contributed by atoms with van der Waals surface area (Å²) in [6, 6.07) is 0. The topological polar surface area (TPSA) is 21.3 Å². The van der Waals surface area contributed by atoms with Crippen molar-refractivity contribution in [2.75, 3.05) is 25.5 Å². The Kier molecular flexibility index (Phi) is 3.87. The van der Waals surface area contributed by atoms with Crippen LogP contribution in [0.4, 0.5) is 0 Å². The Labute approximate surface area is 79.4 Å². The van der Waals surface area contributed by atoms with E-state index in [1.807, 2.05) is 11.8 Å². The summed E-state index contributed by atoms with van der Waals surface area (Å²) in [5.74, 6) is 1.20. The van der Waals surface area contributed by atoms with Gasteiger partial charge in [0.25, 0.3) is 0 Å². The minimum Gasteiger partial charge on any atom is -0.379 e. The maximum atomic E-state index is 5.09. The molecule has 0 amide bonds. The molecule has 1 aliphatic heterocycles. The Hall–Kier alpha value is 0.270. The second-order valence-electron chi connectivity index (χ2n) is 4.21. The summed E-state index contributed by atoms with van der Waals surface area (Å²) in [6.07, 6.45) is 0. The summed E-state index contributed by atoms with van der Waals surface area (Å²) < 4.78 is 5.09. The molecule has 0 aliphatic carbocycles. The van der Waals surface area contributed by atoms with Gasteiger partial charge in [0.1, 0.15) is 0 Å². The Morgan fingerprint density at radius 2 is 2.08 bits per heavy atom. The largest absolute Gasteiger partial charge is 0.379 e. The first-order valence-electron chi connectivity index (χ1n) is 4.52. The first kappa shape index (κ1) is 10.4. The summed E-state index contributed by atoms with van der Waals surface area (Å²) in [7, 11) is 0. The van der Waals surface area contributed by atoms with Crippen LogP contribution in [-0.2, 0) is 4.74 Å². The van der Waals surface area contributed by atoms with Crippen molar-refractivity contribution in [1.29, 1.82) is 0 Å². The molecular formula is C9H19NOS. The third kappa shape index (κ3) is 4.33. The van der Waals surface area contributed by atoms with Crippen LogP contribution in [-0.4, -0.2) is 36.3 Å². The molecule has 0 unspecified atom stereocenters. The van der Waals surface area contributed by atoms with Crippen LogP contribution in [0.25, 0.3) is 0 Å². The van der Waals surface area contributed by atoms with E-state index in [0.29, 0.717) is 0 Å². The van der Waals surface area contributed by atoms with E-state index < -0.39 is 0 Å². The molecule has 0 aromatic heterocycles. The van der Waals surface area contributed by atoms with Gasteiger partial charge in [-0.1, -0.05) is 0 Å². The molecule has 0 saturated carbocycles. The van der Waals surface area contributed by atoms with Crippen LogP contribution in [0.1, 0.15) is 20.8 Å². The first-order valence-corrected chi connectivity index (χ1v) is 5.57. The Balaban J connectivity index is 1.88. The number of ether oxygens (including phenoxy) is 1. The van der Waals surface area contributed by atoms with Gasteiger partial charge in [-0.25, -0.2) is 0 Å². The van der Waals surface area contributed by atoms with Crippen LogP contribution in [0.3, 0.4) is 0 Å². The quantitative estimate of drug-likeness (QED) is 0.677. The zero-order chi connectivity index (χ0) is 9.03. The second kappa shape index (κ2) is 4.49. The Morgan fingerprint density at radius 3 is 2.50 bits per heavy atom. The van der Waals surface area contributed by atoms with Crippen molar-refractivity contribution in [2.45, 2.75) is 31.6 Å². The molecule has 1 heterocycles. The Bertz CT molecular complexity index is 129. The van der Waals surface area contributed by atoms with E-state index in [0.717, 1.165) is 25.0 Å². The van der Waals surface area contributed by atoms with Gasteiger partial charge in [0, 0.05) is 17.8 Å². The molecule has 3 heteroatoms. The molecule has 1 rings (SSSR count). The molecule has 0 bridgehead atoms. The number of hydrogen-bond acceptors (Lipinski definition) is 3. The highest BCUT2D eigenvalue weighted by atomic mass is 32.2. The highest BCUT2D eigenvalue weighted by Crippen LogP contribution is 2.18. The monoisotopic (exact) mass is 189 g/mol. The van der Waals surface area contributed by atoms with Crippen LogP contribution in [0.2, 0.25) is 0 Å². The molecule has 2 nitrogen and oxygen atoms in total. The minimum atomic E-state index is 0.261. The summed E-state index contributed by atoms with van der Waals surface area (Å²) >= 11 is 2.02. The van der Waals surface area contributed by atoms with Crippen molar-refractivity contribution in [3.8, 4) is 0 Å². The lowest BCUT2D eigenvalue weighted by Gasteiger charge is -2.26. The van der Waals surface area contributed by atoms with Crippen LogP contribution >= 0.6 is 11.8 Å². The zero-order valence-electron chi connectivity index (χ0n) is 8.22. The molecule has 1 N–H and O–H groups in total. The predicted molar refractivity (Wildman–Crippen MR) is 54.8 cm³/mol. The van der Waals surface area contributed by atoms with E-state index in [1.165, 1.54) is 5.75 Å². The standard InChI is InChI=1S/C9H19NOS/c1-9(2,3)10-4-5-12-8-6-11-7-8/h8,10H,4-7H2,1-3H3. The van der Waals surface area contributed by atoms with Crippen molar-refractivity contribution in [3.05, 3.63) is 0 Å². The minimum absolute atomic E-state index is 0.261. The van der Waals surface area contributed by atoms with Crippen molar-refractivity contribution >= 4 is 11.8 Å². The highest BCUT2D eigenvalue weighted by molar-refractivity contribution is 8.00. The molecule has 0 atom stereocenters. The van der Waals surface area contributed by atoms with Gasteiger partial charge < -0.3 is 10.1 Å². The van der Waals surface area contributed by atoms with Gasteiger partial charge >= 0.3 is 0 Å². The highest BCUT2D eigenvalue weighted by Gasteiger charge is 2.18. The average Bonchev–Trinajstić information content (AvgIpc) is 1.80. The molecule has 72 valence electrons. The van der Waals surface area contributed by atoms with E-state index in [-0.39, 0.29) is 5.54 Å². The fourth-order valence-corrected chi connectivity index (χ4v) is 1.90. The van der Waals surface area contributed by atoms with Gasteiger partial charge in [-0.15, -0.1) is 0 Å². The van der Waals surface area contributed by atoms with Crippen molar-refractivity contribution < 1.29 is 4.74 Å². The summed E-state index contributed by atoms with van der Waals surface area (Å²) in [5.41, 5.74) is 0.261. The van der Waals surface area contributed by atoms with Gasteiger partial charge in [0.15, 0.2) is 0 Å². The van der Waals surface area contributed by atoms with E-state index in [9.17, 15) is 0 Å². The zero-order valence-corrected chi connectivity index (χ0v) is 9.04. The normalized spacial score (nSPS) is 19.2. The van der Waals surface area contributed by atoms with Gasteiger partial charge in [0.05, 0.1) is 18.5 Å². The number of nitrogens with one attached hydrogen (secondary N) is 1. The van der Waals surface area contributed by atoms with Crippen LogP contribution < -0.4 is 5.32 Å². The summed E-state index contributed by atoms with van der Waals surface area (Å²) in [6.45, 7) is 9.61. The lowest BCUT2D eigenvalue weighted by molar-refractivity contribution is 0.0455. The second-order valence-corrected chi connectivity index (χ2v) is 5.62. The lowest BCUT2D eigenvalue weighted by Crippen LogP contribution is -2.38. The maximum absolute atomic E-state index is 5.09. The van der Waals surface area contributed by atoms with Gasteiger partial charge in [0.2, 0.25) is 0 Å². The summed E-state index contributed by atoms with van der Waals surface area (Å²) in [4.78, 5) is 0. The smallest absolute Gasteiger partial charge is 0.0607 e. The van der Waals surface area contributed by atoms with Crippen LogP contribution in [0.5, 0.6) is 0 Å². The van der Waals surface area contributed by atoms with Gasteiger partial charge in [-0.05, 0) is 20.8 Å². The number of thioether (sulfide) groups is 1. The van der Waals surface area contributed by atoms with Crippen LogP contribution in [0.15, 0.2) is 0 Å². The maximum Gasteiger partial charge on any atom is 0.0607 e. The van der Waals surface area contributed by atoms with Crippen molar-refractivity contribution in [1.82, 2.24) is 5.32 Å². The van der Waals surface area contributed by atoms with Gasteiger partial charge in [-0.2, -0.15) is 11.8 Å². The molecular weight excluding hydrogens is 170 g/mol. The first-order chi connectivity index (χ1) is 5.58. The molecule has 0 aromatic rings. The predicted octanol–water partition coefficient (Wildman–Crippen LogP) is 1.51. The van der Waals surface area contributed by atoms with E-state index in [4.69, 9.17) is 4.74 Å². The van der Waals surface area contributed by atoms with Crippen molar-refractivity contribution in [3.63, 3.8) is 0 Å². The van der Waals surface area contributed by atoms with Crippen LogP contribution in [0, 0.1) is 0 Å². The molecule has 0 spiro atoms. The molecule has 0 radical (unpaired) electrons.